The Balaban J connectivity index is 1.87. The molecule has 1 fully saturated rings. The second-order valence-electron chi connectivity index (χ2n) is 5.57. The first-order valence-electron chi connectivity index (χ1n) is 7.24. The Morgan fingerprint density at radius 1 is 1.37 bits per heavy atom. The predicted molar refractivity (Wildman–Crippen MR) is 77.5 cm³/mol. The number of benzene rings is 1. The summed E-state index contributed by atoms with van der Waals surface area (Å²) in [7, 11) is 1.65. The normalized spacial score (nSPS) is 17.6. The Morgan fingerprint density at radius 3 is 2.79 bits per heavy atom. The highest BCUT2D eigenvalue weighted by atomic mass is 16.5. The van der Waals surface area contributed by atoms with Crippen LogP contribution in [0.3, 0.4) is 0 Å². The third-order valence-electron chi connectivity index (χ3n) is 3.99. The fourth-order valence-corrected chi connectivity index (χ4v) is 2.86. The number of ether oxygens (including phenoxy) is 1. The van der Waals surface area contributed by atoms with Crippen LogP contribution in [0.4, 0.5) is 0 Å². The van der Waals surface area contributed by atoms with Gasteiger partial charge in [-0.2, -0.15) is 0 Å². The van der Waals surface area contributed by atoms with Gasteiger partial charge in [0.05, 0.1) is 13.2 Å². The molecule has 2 rings (SSSR count). The van der Waals surface area contributed by atoms with Crippen molar-refractivity contribution in [1.82, 2.24) is 5.32 Å². The van der Waals surface area contributed by atoms with Crippen LogP contribution in [-0.4, -0.2) is 25.3 Å². The van der Waals surface area contributed by atoms with Crippen LogP contribution in [0.15, 0.2) is 18.2 Å². The molecule has 3 nitrogen and oxygen atoms in total. The first-order chi connectivity index (χ1) is 9.20. The molecule has 0 heterocycles. The van der Waals surface area contributed by atoms with Gasteiger partial charge in [-0.1, -0.05) is 24.5 Å². The monoisotopic (exact) mass is 263 g/mol. The van der Waals surface area contributed by atoms with Crippen molar-refractivity contribution < 1.29 is 9.84 Å². The third-order valence-corrected chi connectivity index (χ3v) is 3.99. The van der Waals surface area contributed by atoms with E-state index in [4.69, 9.17) is 4.74 Å². The fourth-order valence-electron chi connectivity index (χ4n) is 2.86. The van der Waals surface area contributed by atoms with E-state index < -0.39 is 6.10 Å². The zero-order chi connectivity index (χ0) is 13.7. The van der Waals surface area contributed by atoms with Crippen molar-refractivity contribution in [2.45, 2.75) is 38.7 Å². The van der Waals surface area contributed by atoms with E-state index in [1.807, 2.05) is 25.1 Å². The highest BCUT2D eigenvalue weighted by molar-refractivity contribution is 5.38. The van der Waals surface area contributed by atoms with Gasteiger partial charge < -0.3 is 15.2 Å². The molecule has 3 heteroatoms. The van der Waals surface area contributed by atoms with E-state index in [0.29, 0.717) is 6.54 Å². The molecule has 1 aromatic rings. The minimum Gasteiger partial charge on any atom is -0.496 e. The summed E-state index contributed by atoms with van der Waals surface area (Å²) in [6.07, 6.45) is 4.88. The Kier molecular flexibility index (Phi) is 5.23. The van der Waals surface area contributed by atoms with Crippen LogP contribution in [0, 0.1) is 12.8 Å². The lowest BCUT2D eigenvalue weighted by molar-refractivity contribution is 0.168. The zero-order valence-electron chi connectivity index (χ0n) is 12.0. The van der Waals surface area contributed by atoms with E-state index in [-0.39, 0.29) is 0 Å². The number of rotatable bonds is 6. The summed E-state index contributed by atoms with van der Waals surface area (Å²) in [5.74, 6) is 1.56. The standard InChI is InChI=1S/C16H25NO2/c1-12-7-8-16(19-2)14(9-12)15(18)11-17-10-13-5-3-4-6-13/h7-9,13,15,17-18H,3-6,10-11H2,1-2H3. The van der Waals surface area contributed by atoms with Crippen LogP contribution in [-0.2, 0) is 0 Å². The van der Waals surface area contributed by atoms with Gasteiger partial charge in [-0.05, 0) is 44.4 Å². The van der Waals surface area contributed by atoms with Crippen molar-refractivity contribution in [3.63, 3.8) is 0 Å². The smallest absolute Gasteiger partial charge is 0.124 e. The fraction of sp³-hybridized carbons (Fsp3) is 0.625. The molecule has 0 spiro atoms. The molecule has 0 amide bonds. The molecule has 0 bridgehead atoms. The molecule has 0 saturated heterocycles. The van der Waals surface area contributed by atoms with Gasteiger partial charge in [0, 0.05) is 12.1 Å². The van der Waals surface area contributed by atoms with E-state index in [2.05, 4.69) is 5.32 Å². The molecular weight excluding hydrogens is 238 g/mol. The van der Waals surface area contributed by atoms with Crippen LogP contribution in [0.2, 0.25) is 0 Å². The van der Waals surface area contributed by atoms with E-state index >= 15 is 0 Å². The number of methoxy groups -OCH3 is 1. The summed E-state index contributed by atoms with van der Waals surface area (Å²) in [6.45, 7) is 3.64. The largest absolute Gasteiger partial charge is 0.496 e. The molecule has 1 saturated carbocycles. The maximum absolute atomic E-state index is 10.3. The first-order valence-corrected chi connectivity index (χ1v) is 7.24. The van der Waals surface area contributed by atoms with E-state index in [1.165, 1.54) is 25.7 Å². The maximum Gasteiger partial charge on any atom is 0.124 e. The highest BCUT2D eigenvalue weighted by Crippen LogP contribution is 2.27. The Bertz CT molecular complexity index is 400. The summed E-state index contributed by atoms with van der Waals surface area (Å²) < 4.78 is 5.31. The molecule has 0 aromatic heterocycles. The van der Waals surface area contributed by atoms with Crippen molar-refractivity contribution in [3.8, 4) is 5.75 Å². The van der Waals surface area contributed by atoms with Crippen LogP contribution in [0.1, 0.15) is 42.9 Å². The van der Waals surface area contributed by atoms with E-state index in [9.17, 15) is 5.11 Å². The van der Waals surface area contributed by atoms with Crippen molar-refractivity contribution in [2.75, 3.05) is 20.2 Å². The minimum atomic E-state index is -0.503. The molecule has 0 aliphatic heterocycles. The summed E-state index contributed by atoms with van der Waals surface area (Å²) in [5.41, 5.74) is 2.02. The number of hydrogen-bond acceptors (Lipinski definition) is 3. The average molecular weight is 263 g/mol. The molecule has 1 atom stereocenters. The van der Waals surface area contributed by atoms with Gasteiger partial charge in [-0.3, -0.25) is 0 Å². The van der Waals surface area contributed by atoms with Gasteiger partial charge in [-0.15, -0.1) is 0 Å². The van der Waals surface area contributed by atoms with Crippen LogP contribution in [0.25, 0.3) is 0 Å². The molecule has 1 aromatic carbocycles. The lowest BCUT2D eigenvalue weighted by Crippen LogP contribution is -2.26. The lowest BCUT2D eigenvalue weighted by Gasteiger charge is -2.17. The topological polar surface area (TPSA) is 41.5 Å². The predicted octanol–water partition coefficient (Wildman–Crippen LogP) is 2.82. The SMILES string of the molecule is COc1ccc(C)cc1C(O)CNCC1CCCC1. The van der Waals surface area contributed by atoms with Crippen molar-refractivity contribution in [3.05, 3.63) is 29.3 Å². The van der Waals surface area contributed by atoms with Gasteiger partial charge in [0.15, 0.2) is 0 Å². The first kappa shape index (κ1) is 14.4. The molecule has 0 radical (unpaired) electrons. The molecule has 19 heavy (non-hydrogen) atoms. The van der Waals surface area contributed by atoms with Crippen LogP contribution in [0.5, 0.6) is 5.75 Å². The van der Waals surface area contributed by atoms with E-state index in [0.717, 1.165) is 29.3 Å². The molecular formula is C16H25NO2. The Morgan fingerprint density at radius 2 is 2.11 bits per heavy atom. The summed E-state index contributed by atoms with van der Waals surface area (Å²) in [4.78, 5) is 0. The van der Waals surface area contributed by atoms with Gasteiger partial charge >= 0.3 is 0 Å². The molecule has 1 unspecified atom stereocenters. The summed E-state index contributed by atoms with van der Waals surface area (Å²) in [6, 6.07) is 5.92. The number of hydrogen-bond donors (Lipinski definition) is 2. The van der Waals surface area contributed by atoms with E-state index in [1.54, 1.807) is 7.11 Å². The Hall–Kier alpha value is -1.06. The van der Waals surface area contributed by atoms with Gasteiger partial charge in [0.25, 0.3) is 0 Å². The lowest BCUT2D eigenvalue weighted by atomic mass is 10.0. The second-order valence-corrected chi connectivity index (χ2v) is 5.57. The number of aliphatic hydroxyl groups excluding tert-OH is 1. The molecule has 1 aliphatic carbocycles. The number of nitrogens with one attached hydrogen (secondary N) is 1. The highest BCUT2D eigenvalue weighted by Gasteiger charge is 2.17. The van der Waals surface area contributed by atoms with Gasteiger partial charge in [0.2, 0.25) is 0 Å². The van der Waals surface area contributed by atoms with Crippen LogP contribution < -0.4 is 10.1 Å². The quantitative estimate of drug-likeness (QED) is 0.829. The van der Waals surface area contributed by atoms with Crippen LogP contribution >= 0.6 is 0 Å². The molecule has 2 N–H and O–H groups in total. The Labute approximate surface area is 116 Å². The second kappa shape index (κ2) is 6.92. The number of aliphatic hydroxyl groups is 1. The maximum atomic E-state index is 10.3. The third kappa shape index (κ3) is 3.95. The van der Waals surface area contributed by atoms with Gasteiger partial charge in [0.1, 0.15) is 5.75 Å². The zero-order valence-corrected chi connectivity index (χ0v) is 12.0. The molecule has 1 aliphatic rings. The average Bonchev–Trinajstić information content (AvgIpc) is 2.91. The van der Waals surface area contributed by atoms with Crippen molar-refractivity contribution >= 4 is 0 Å². The van der Waals surface area contributed by atoms with Crippen molar-refractivity contribution in [1.29, 1.82) is 0 Å². The molecule has 106 valence electrons. The summed E-state index contributed by atoms with van der Waals surface area (Å²) in [5, 5.41) is 13.7. The summed E-state index contributed by atoms with van der Waals surface area (Å²) >= 11 is 0. The van der Waals surface area contributed by atoms with Gasteiger partial charge in [-0.25, -0.2) is 0 Å². The minimum absolute atomic E-state index is 0.503. The van der Waals surface area contributed by atoms with Crippen molar-refractivity contribution in [2.24, 2.45) is 5.92 Å². The number of aryl methyl sites for hydroxylation is 1.